The van der Waals surface area contributed by atoms with Crippen molar-refractivity contribution in [3.8, 4) is 0 Å². The van der Waals surface area contributed by atoms with E-state index in [9.17, 15) is 0 Å². The molecule has 0 unspecified atom stereocenters. The van der Waals surface area contributed by atoms with E-state index >= 15 is 0 Å². The van der Waals surface area contributed by atoms with Crippen LogP contribution in [0.15, 0.2) is 4.99 Å². The number of rotatable bonds is 6. The summed E-state index contributed by atoms with van der Waals surface area (Å²) in [6.07, 6.45) is 9.17. The molecule has 3 nitrogen and oxygen atoms in total. The molecule has 1 N–H and O–H groups in total. The number of hydrogen-bond acceptors (Lipinski definition) is 3. The monoisotopic (exact) mass is 270 g/mol. The van der Waals surface area contributed by atoms with Crippen LogP contribution >= 0.6 is 11.8 Å². The molecule has 1 saturated heterocycles. The smallest absolute Gasteiger partial charge is 0.157 e. The van der Waals surface area contributed by atoms with E-state index in [4.69, 9.17) is 4.74 Å². The second kappa shape index (κ2) is 7.39. The molecule has 1 spiro atoms. The van der Waals surface area contributed by atoms with Gasteiger partial charge >= 0.3 is 0 Å². The normalized spacial score (nSPS) is 24.6. The average Bonchev–Trinajstić information content (AvgIpc) is 2.78. The molecule has 1 aliphatic heterocycles. The summed E-state index contributed by atoms with van der Waals surface area (Å²) in [5.41, 5.74) is 0.380. The Kier molecular flexibility index (Phi) is 5.83. The van der Waals surface area contributed by atoms with Gasteiger partial charge in [-0.2, -0.15) is 0 Å². The van der Waals surface area contributed by atoms with E-state index in [1.165, 1.54) is 44.3 Å². The summed E-state index contributed by atoms with van der Waals surface area (Å²) in [5.74, 6) is 1.21. The van der Waals surface area contributed by atoms with Crippen molar-refractivity contribution >= 4 is 16.9 Å². The molecule has 2 fully saturated rings. The van der Waals surface area contributed by atoms with Crippen LogP contribution < -0.4 is 5.32 Å². The molecule has 1 saturated carbocycles. The van der Waals surface area contributed by atoms with Crippen molar-refractivity contribution in [1.29, 1.82) is 0 Å². The first-order valence-electron chi connectivity index (χ1n) is 7.38. The molecule has 0 amide bonds. The van der Waals surface area contributed by atoms with E-state index in [0.717, 1.165) is 31.3 Å². The van der Waals surface area contributed by atoms with Gasteiger partial charge in [-0.15, -0.1) is 0 Å². The van der Waals surface area contributed by atoms with Gasteiger partial charge in [0.15, 0.2) is 5.17 Å². The molecule has 0 bridgehead atoms. The van der Waals surface area contributed by atoms with Crippen LogP contribution in [0.5, 0.6) is 0 Å². The summed E-state index contributed by atoms with van der Waals surface area (Å²) in [5, 5.41) is 4.81. The Bertz CT molecular complexity index is 275. The number of thioether (sulfide) groups is 1. The Balaban J connectivity index is 1.65. The third-order valence-electron chi connectivity index (χ3n) is 3.80. The van der Waals surface area contributed by atoms with E-state index in [1.807, 2.05) is 11.8 Å². The maximum Gasteiger partial charge on any atom is 0.157 e. The van der Waals surface area contributed by atoms with Crippen LogP contribution in [0.1, 0.15) is 51.9 Å². The van der Waals surface area contributed by atoms with E-state index in [2.05, 4.69) is 17.2 Å². The number of nitrogens with one attached hydrogen (secondary N) is 1. The summed E-state index contributed by atoms with van der Waals surface area (Å²) in [6, 6.07) is 0. The van der Waals surface area contributed by atoms with Crippen molar-refractivity contribution in [2.24, 2.45) is 4.99 Å². The maximum absolute atomic E-state index is 5.53. The zero-order valence-electron chi connectivity index (χ0n) is 11.5. The van der Waals surface area contributed by atoms with Crippen LogP contribution in [0.3, 0.4) is 0 Å². The van der Waals surface area contributed by atoms with E-state index in [0.29, 0.717) is 5.54 Å². The van der Waals surface area contributed by atoms with Gasteiger partial charge in [-0.25, -0.2) is 0 Å². The Morgan fingerprint density at radius 1 is 1.28 bits per heavy atom. The van der Waals surface area contributed by atoms with Crippen molar-refractivity contribution in [3.63, 3.8) is 0 Å². The maximum atomic E-state index is 5.53. The molecule has 1 aliphatic carbocycles. The number of hydrogen-bond donors (Lipinski definition) is 1. The Hall–Kier alpha value is -0.220. The lowest BCUT2D eigenvalue weighted by Gasteiger charge is -2.32. The van der Waals surface area contributed by atoms with Gasteiger partial charge in [0.25, 0.3) is 0 Å². The summed E-state index contributed by atoms with van der Waals surface area (Å²) in [7, 11) is 0. The molecule has 1 heterocycles. The molecule has 0 aromatic heterocycles. The van der Waals surface area contributed by atoms with Gasteiger partial charge in [0.05, 0.1) is 13.2 Å². The van der Waals surface area contributed by atoms with Gasteiger partial charge in [-0.1, -0.05) is 44.4 Å². The largest absolute Gasteiger partial charge is 0.380 e. The second-order valence-electron chi connectivity index (χ2n) is 5.41. The molecule has 104 valence electrons. The lowest BCUT2D eigenvalue weighted by Crippen LogP contribution is -2.45. The number of aliphatic imine (C=N–C) groups is 1. The quantitative estimate of drug-likeness (QED) is 0.753. The van der Waals surface area contributed by atoms with Gasteiger partial charge in [-0.3, -0.25) is 4.99 Å². The highest BCUT2D eigenvalue weighted by Gasteiger charge is 2.37. The first-order chi connectivity index (χ1) is 8.85. The molecule has 2 aliphatic rings. The van der Waals surface area contributed by atoms with E-state index < -0.39 is 0 Å². The van der Waals surface area contributed by atoms with Crippen LogP contribution in [-0.2, 0) is 4.74 Å². The van der Waals surface area contributed by atoms with Crippen LogP contribution in [0.2, 0.25) is 0 Å². The number of unbranched alkanes of at least 4 members (excludes halogenated alkanes) is 1. The molecule has 0 radical (unpaired) electrons. The van der Waals surface area contributed by atoms with Gasteiger partial charge in [-0.05, 0) is 19.3 Å². The molecule has 2 rings (SSSR count). The standard InChI is InChI=1S/C14H26N2OS/c1-2-3-10-17-11-9-15-13-16-14(12-18-13)7-5-4-6-8-14/h2-12H2,1H3,(H,15,16). The highest BCUT2D eigenvalue weighted by molar-refractivity contribution is 8.14. The van der Waals surface area contributed by atoms with Crippen molar-refractivity contribution in [2.45, 2.75) is 57.4 Å². The van der Waals surface area contributed by atoms with Crippen molar-refractivity contribution in [1.82, 2.24) is 5.32 Å². The topological polar surface area (TPSA) is 33.6 Å². The zero-order chi connectivity index (χ0) is 12.7. The minimum Gasteiger partial charge on any atom is -0.380 e. The molecular formula is C14H26N2OS. The van der Waals surface area contributed by atoms with Gasteiger partial charge in [0.1, 0.15) is 0 Å². The molecule has 18 heavy (non-hydrogen) atoms. The first-order valence-corrected chi connectivity index (χ1v) is 8.36. The van der Waals surface area contributed by atoms with Gasteiger partial charge in [0, 0.05) is 17.9 Å². The fourth-order valence-electron chi connectivity index (χ4n) is 2.65. The third-order valence-corrected chi connectivity index (χ3v) is 5.00. The molecule has 0 aromatic carbocycles. The minimum atomic E-state index is 0.380. The Morgan fingerprint density at radius 2 is 2.11 bits per heavy atom. The zero-order valence-corrected chi connectivity index (χ0v) is 12.4. The SMILES string of the molecule is CCCCOCCN=C1NC2(CCCCC2)CS1. The lowest BCUT2D eigenvalue weighted by atomic mass is 9.83. The molecular weight excluding hydrogens is 244 g/mol. The first kappa shape index (κ1) is 14.2. The molecule has 0 atom stereocenters. The number of nitrogens with zero attached hydrogens (tertiary/aromatic N) is 1. The summed E-state index contributed by atoms with van der Waals surface area (Å²) >= 11 is 1.90. The van der Waals surface area contributed by atoms with Crippen molar-refractivity contribution in [2.75, 3.05) is 25.5 Å². The predicted molar refractivity (Wildman–Crippen MR) is 79.4 cm³/mol. The fraction of sp³-hybridized carbons (Fsp3) is 0.929. The Morgan fingerprint density at radius 3 is 2.89 bits per heavy atom. The van der Waals surface area contributed by atoms with E-state index in [-0.39, 0.29) is 0 Å². The van der Waals surface area contributed by atoms with Crippen molar-refractivity contribution < 1.29 is 4.74 Å². The summed E-state index contributed by atoms with van der Waals surface area (Å²) in [6.45, 7) is 4.63. The predicted octanol–water partition coefficient (Wildman–Crippen LogP) is 3.20. The molecule has 0 aromatic rings. The highest BCUT2D eigenvalue weighted by atomic mass is 32.2. The van der Waals surface area contributed by atoms with Gasteiger partial charge < -0.3 is 10.1 Å². The van der Waals surface area contributed by atoms with Crippen molar-refractivity contribution in [3.05, 3.63) is 0 Å². The molecule has 4 heteroatoms. The van der Waals surface area contributed by atoms with Gasteiger partial charge in [0.2, 0.25) is 0 Å². The lowest BCUT2D eigenvalue weighted by molar-refractivity contribution is 0.139. The second-order valence-corrected chi connectivity index (χ2v) is 6.37. The third kappa shape index (κ3) is 4.16. The average molecular weight is 270 g/mol. The number of ether oxygens (including phenoxy) is 1. The fourth-order valence-corrected chi connectivity index (χ4v) is 3.89. The highest BCUT2D eigenvalue weighted by Crippen LogP contribution is 2.35. The summed E-state index contributed by atoms with van der Waals surface area (Å²) < 4.78 is 5.53. The Labute approximate surface area is 115 Å². The van der Waals surface area contributed by atoms with E-state index in [1.54, 1.807) is 0 Å². The van der Waals surface area contributed by atoms with Crippen LogP contribution in [0.4, 0.5) is 0 Å². The minimum absolute atomic E-state index is 0.380. The summed E-state index contributed by atoms with van der Waals surface area (Å²) in [4.78, 5) is 4.61. The number of amidine groups is 1. The van der Waals surface area contributed by atoms with Crippen LogP contribution in [-0.4, -0.2) is 36.2 Å². The van der Waals surface area contributed by atoms with Crippen LogP contribution in [0.25, 0.3) is 0 Å². The van der Waals surface area contributed by atoms with Crippen LogP contribution in [0, 0.1) is 0 Å².